The lowest BCUT2D eigenvalue weighted by Gasteiger charge is -2.08. The minimum absolute atomic E-state index is 0.208. The van der Waals surface area contributed by atoms with Crippen molar-refractivity contribution in [2.45, 2.75) is 19.9 Å². The van der Waals surface area contributed by atoms with E-state index in [2.05, 4.69) is 25.6 Å². The average molecular weight is 428 g/mol. The number of amides is 1. The lowest BCUT2D eigenvalue weighted by molar-refractivity contribution is 0.0949. The van der Waals surface area contributed by atoms with E-state index in [0.29, 0.717) is 31.2 Å². The van der Waals surface area contributed by atoms with Gasteiger partial charge in [-0.05, 0) is 42.2 Å². The Balaban J connectivity index is 1.40. The number of carbonyl (C=O) groups is 1. The molecule has 0 saturated heterocycles. The van der Waals surface area contributed by atoms with Crippen molar-refractivity contribution in [3.05, 3.63) is 95.4 Å². The lowest BCUT2D eigenvalue weighted by atomic mass is 10.1. The molecule has 0 saturated carbocycles. The number of aromatic hydroxyl groups is 1. The standard InChI is InChI=1S/C25H25N5O2/c1-17-14-28-25(29-15-18-7-3-2-4-8-18)30-23(17)20-13-21(27-16-20)24(32)26-12-11-19-9-5-6-10-22(19)31/h2-10,13-14,16,27,31H,11-12,15H2,1H3,(H,26,32)(H,28,29,30). The van der Waals surface area contributed by atoms with Crippen LogP contribution in [-0.2, 0) is 13.0 Å². The molecule has 0 fully saturated rings. The minimum atomic E-state index is -0.208. The van der Waals surface area contributed by atoms with Crippen LogP contribution in [0.3, 0.4) is 0 Å². The molecule has 0 aliphatic rings. The maximum Gasteiger partial charge on any atom is 0.267 e. The van der Waals surface area contributed by atoms with E-state index < -0.39 is 0 Å². The maximum absolute atomic E-state index is 12.5. The Morgan fingerprint density at radius 2 is 1.88 bits per heavy atom. The lowest BCUT2D eigenvalue weighted by Crippen LogP contribution is -2.25. The second-order valence-corrected chi connectivity index (χ2v) is 7.50. The van der Waals surface area contributed by atoms with E-state index in [0.717, 1.165) is 27.9 Å². The molecule has 7 nitrogen and oxygen atoms in total. The average Bonchev–Trinajstić information content (AvgIpc) is 3.31. The molecule has 0 atom stereocenters. The molecule has 4 N–H and O–H groups in total. The first-order valence-corrected chi connectivity index (χ1v) is 10.5. The Bertz CT molecular complexity index is 1200. The van der Waals surface area contributed by atoms with Crippen LogP contribution in [0.5, 0.6) is 5.75 Å². The summed E-state index contributed by atoms with van der Waals surface area (Å²) < 4.78 is 0. The number of aromatic nitrogens is 3. The van der Waals surface area contributed by atoms with E-state index in [4.69, 9.17) is 0 Å². The number of aromatic amines is 1. The smallest absolute Gasteiger partial charge is 0.267 e. The fourth-order valence-electron chi connectivity index (χ4n) is 3.39. The second-order valence-electron chi connectivity index (χ2n) is 7.50. The van der Waals surface area contributed by atoms with Gasteiger partial charge in [0.25, 0.3) is 5.91 Å². The van der Waals surface area contributed by atoms with Crippen LogP contribution in [0.2, 0.25) is 0 Å². The summed E-state index contributed by atoms with van der Waals surface area (Å²) in [7, 11) is 0. The zero-order valence-corrected chi connectivity index (χ0v) is 17.8. The first kappa shape index (κ1) is 21.1. The molecule has 0 aliphatic carbocycles. The van der Waals surface area contributed by atoms with Crippen LogP contribution in [0.1, 0.15) is 27.2 Å². The molecule has 1 amide bonds. The van der Waals surface area contributed by atoms with Crippen molar-refractivity contribution in [1.82, 2.24) is 20.3 Å². The molecule has 2 heterocycles. The third-order valence-electron chi connectivity index (χ3n) is 5.14. The van der Waals surface area contributed by atoms with Crippen molar-refractivity contribution < 1.29 is 9.90 Å². The number of hydrogen-bond donors (Lipinski definition) is 4. The van der Waals surface area contributed by atoms with E-state index in [9.17, 15) is 9.90 Å². The third-order valence-corrected chi connectivity index (χ3v) is 5.14. The van der Waals surface area contributed by atoms with E-state index >= 15 is 0 Å². The quantitative estimate of drug-likeness (QED) is 0.339. The van der Waals surface area contributed by atoms with Crippen molar-refractivity contribution in [3.63, 3.8) is 0 Å². The van der Waals surface area contributed by atoms with Crippen LogP contribution in [0, 0.1) is 6.92 Å². The summed E-state index contributed by atoms with van der Waals surface area (Å²) in [6, 6.07) is 19.0. The van der Waals surface area contributed by atoms with Crippen molar-refractivity contribution in [2.75, 3.05) is 11.9 Å². The van der Waals surface area contributed by atoms with Gasteiger partial charge in [0.1, 0.15) is 11.4 Å². The second kappa shape index (κ2) is 9.78. The fourth-order valence-corrected chi connectivity index (χ4v) is 3.39. The Kier molecular flexibility index (Phi) is 6.46. The highest BCUT2D eigenvalue weighted by atomic mass is 16.3. The number of para-hydroxylation sites is 1. The number of hydrogen-bond acceptors (Lipinski definition) is 5. The molecule has 7 heteroatoms. The summed E-state index contributed by atoms with van der Waals surface area (Å²) >= 11 is 0. The summed E-state index contributed by atoms with van der Waals surface area (Å²) in [5.41, 5.74) is 4.89. The predicted octanol–water partition coefficient (Wildman–Crippen LogP) is 4.07. The highest BCUT2D eigenvalue weighted by molar-refractivity contribution is 5.93. The van der Waals surface area contributed by atoms with Crippen molar-refractivity contribution in [1.29, 1.82) is 0 Å². The van der Waals surface area contributed by atoms with Gasteiger partial charge in [-0.3, -0.25) is 4.79 Å². The van der Waals surface area contributed by atoms with Gasteiger partial charge in [0.05, 0.1) is 5.69 Å². The van der Waals surface area contributed by atoms with E-state index in [1.807, 2.05) is 49.4 Å². The van der Waals surface area contributed by atoms with Crippen molar-refractivity contribution in [2.24, 2.45) is 0 Å². The molecule has 4 aromatic rings. The maximum atomic E-state index is 12.5. The zero-order valence-electron chi connectivity index (χ0n) is 17.8. The Labute approximate surface area is 186 Å². The summed E-state index contributed by atoms with van der Waals surface area (Å²) in [4.78, 5) is 24.6. The molecule has 2 aromatic carbocycles. The molecule has 0 radical (unpaired) electrons. The number of H-pyrrole nitrogens is 1. The van der Waals surface area contributed by atoms with Gasteiger partial charge in [-0.1, -0.05) is 48.5 Å². The van der Waals surface area contributed by atoms with Crippen LogP contribution in [0.25, 0.3) is 11.3 Å². The highest BCUT2D eigenvalue weighted by Crippen LogP contribution is 2.23. The van der Waals surface area contributed by atoms with Gasteiger partial charge in [-0.25, -0.2) is 9.97 Å². The Hall–Kier alpha value is -4.13. The number of rotatable bonds is 8. The highest BCUT2D eigenvalue weighted by Gasteiger charge is 2.13. The van der Waals surface area contributed by atoms with E-state index in [1.165, 1.54) is 0 Å². The van der Waals surface area contributed by atoms with Gasteiger partial charge >= 0.3 is 0 Å². The van der Waals surface area contributed by atoms with Gasteiger partial charge in [0, 0.05) is 31.0 Å². The Morgan fingerprint density at radius 1 is 1.09 bits per heavy atom. The van der Waals surface area contributed by atoms with Crippen molar-refractivity contribution >= 4 is 11.9 Å². The minimum Gasteiger partial charge on any atom is -0.508 e. The molecule has 0 unspecified atom stereocenters. The van der Waals surface area contributed by atoms with Crippen LogP contribution < -0.4 is 10.6 Å². The monoisotopic (exact) mass is 427 g/mol. The summed E-state index contributed by atoms with van der Waals surface area (Å²) in [6.45, 7) is 2.99. The molecule has 32 heavy (non-hydrogen) atoms. The Morgan fingerprint density at radius 3 is 2.69 bits per heavy atom. The van der Waals surface area contributed by atoms with E-state index in [-0.39, 0.29) is 11.7 Å². The molecule has 2 aromatic heterocycles. The van der Waals surface area contributed by atoms with Crippen LogP contribution in [0.15, 0.2) is 73.1 Å². The first-order chi connectivity index (χ1) is 15.6. The molecule has 0 spiro atoms. The third kappa shape index (κ3) is 5.13. The topological polar surface area (TPSA) is 103 Å². The molecule has 0 aliphatic heterocycles. The number of benzene rings is 2. The van der Waals surface area contributed by atoms with Crippen LogP contribution in [0.4, 0.5) is 5.95 Å². The van der Waals surface area contributed by atoms with E-state index in [1.54, 1.807) is 30.6 Å². The summed E-state index contributed by atoms with van der Waals surface area (Å²) in [5.74, 6) is 0.560. The van der Waals surface area contributed by atoms with Gasteiger partial charge in [0.2, 0.25) is 5.95 Å². The van der Waals surface area contributed by atoms with Gasteiger partial charge in [0.15, 0.2) is 0 Å². The van der Waals surface area contributed by atoms with Crippen LogP contribution >= 0.6 is 0 Å². The van der Waals surface area contributed by atoms with Crippen molar-refractivity contribution in [3.8, 4) is 17.0 Å². The molecule has 162 valence electrons. The number of phenolic OH excluding ortho intramolecular Hbond substituents is 1. The number of nitrogens with zero attached hydrogens (tertiary/aromatic N) is 2. The summed E-state index contributed by atoms with van der Waals surface area (Å²) in [5, 5.41) is 16.0. The predicted molar refractivity (Wildman–Crippen MR) is 124 cm³/mol. The number of nitrogens with one attached hydrogen (secondary N) is 3. The zero-order chi connectivity index (χ0) is 22.3. The number of carbonyl (C=O) groups excluding carboxylic acids is 1. The number of aryl methyl sites for hydroxylation is 1. The normalized spacial score (nSPS) is 10.7. The van der Waals surface area contributed by atoms with Gasteiger partial charge in [-0.15, -0.1) is 0 Å². The van der Waals surface area contributed by atoms with Gasteiger partial charge in [-0.2, -0.15) is 0 Å². The summed E-state index contributed by atoms with van der Waals surface area (Å²) in [6.07, 6.45) is 4.09. The molecular weight excluding hydrogens is 402 g/mol. The largest absolute Gasteiger partial charge is 0.508 e. The first-order valence-electron chi connectivity index (χ1n) is 10.5. The fraction of sp³-hybridized carbons (Fsp3) is 0.160. The molecule has 0 bridgehead atoms. The number of phenols is 1. The van der Waals surface area contributed by atoms with Gasteiger partial charge < -0.3 is 20.7 Å². The molecular formula is C25H25N5O2. The SMILES string of the molecule is Cc1cnc(NCc2ccccc2)nc1-c1c[nH]c(C(=O)NCCc2ccccc2O)c1. The number of anilines is 1. The molecule has 4 rings (SSSR count). The van der Waals surface area contributed by atoms with Crippen LogP contribution in [-0.4, -0.2) is 32.5 Å².